The fourth-order valence-electron chi connectivity index (χ4n) is 2.08. The number of carbonyl (C=O) groups is 2. The third kappa shape index (κ3) is 2.95. The summed E-state index contributed by atoms with van der Waals surface area (Å²) in [6.07, 6.45) is 2.33. The van der Waals surface area contributed by atoms with E-state index in [1.54, 1.807) is 6.92 Å². The van der Waals surface area contributed by atoms with Crippen molar-refractivity contribution in [2.24, 2.45) is 0 Å². The van der Waals surface area contributed by atoms with Crippen molar-refractivity contribution in [1.82, 2.24) is 15.1 Å². The number of carbonyl (C=O) groups excluding carboxylic acids is 2. The summed E-state index contributed by atoms with van der Waals surface area (Å²) >= 11 is 6.71. The normalized spacial score (nSPS) is 21.1. The van der Waals surface area contributed by atoms with Crippen molar-refractivity contribution >= 4 is 40.2 Å². The lowest BCUT2D eigenvalue weighted by atomic mass is 10.4. The molecule has 0 saturated carbocycles. The zero-order valence-corrected chi connectivity index (χ0v) is 12.0. The van der Waals surface area contributed by atoms with Crippen LogP contribution in [0.1, 0.15) is 19.8 Å². The van der Waals surface area contributed by atoms with Crippen LogP contribution in [0.25, 0.3) is 0 Å². The molecule has 2 aliphatic heterocycles. The molecule has 100 valence electrons. The Morgan fingerprint density at radius 3 is 2.61 bits per heavy atom. The van der Waals surface area contributed by atoms with E-state index in [4.69, 9.17) is 12.2 Å². The third-order valence-corrected chi connectivity index (χ3v) is 4.67. The molecule has 0 aromatic rings. The quantitative estimate of drug-likeness (QED) is 0.769. The second kappa shape index (κ2) is 5.88. The number of thioether (sulfide) groups is 1. The number of rotatable bonds is 2. The van der Waals surface area contributed by atoms with Crippen molar-refractivity contribution in [3.05, 3.63) is 0 Å². The predicted octanol–water partition coefficient (Wildman–Crippen LogP) is 1.04. The van der Waals surface area contributed by atoms with Crippen molar-refractivity contribution in [2.75, 3.05) is 26.2 Å². The Hall–Kier alpha value is -0.820. The minimum atomic E-state index is -0.304. The molecule has 1 atom stereocenters. The number of imide groups is 1. The summed E-state index contributed by atoms with van der Waals surface area (Å²) in [6.45, 7) is 4.77. The van der Waals surface area contributed by atoms with Gasteiger partial charge in [-0.25, -0.2) is 4.79 Å². The molecule has 2 saturated heterocycles. The van der Waals surface area contributed by atoms with E-state index in [1.165, 1.54) is 16.7 Å². The largest absolute Gasteiger partial charge is 0.358 e. The first-order chi connectivity index (χ1) is 8.59. The Balaban J connectivity index is 1.86. The second-order valence-electron chi connectivity index (χ2n) is 4.44. The lowest BCUT2D eigenvalue weighted by Gasteiger charge is -2.22. The highest BCUT2D eigenvalue weighted by Gasteiger charge is 2.31. The molecular weight excluding hydrogens is 270 g/mol. The van der Waals surface area contributed by atoms with Gasteiger partial charge in [-0.05, 0) is 19.8 Å². The van der Waals surface area contributed by atoms with Crippen LogP contribution in [0.4, 0.5) is 4.79 Å². The Kier molecular flexibility index (Phi) is 4.45. The lowest BCUT2D eigenvalue weighted by molar-refractivity contribution is -0.126. The molecule has 2 fully saturated rings. The van der Waals surface area contributed by atoms with E-state index >= 15 is 0 Å². The maximum atomic E-state index is 12.1. The summed E-state index contributed by atoms with van der Waals surface area (Å²) in [6, 6.07) is -0.292. The highest BCUT2D eigenvalue weighted by atomic mass is 32.2. The zero-order valence-electron chi connectivity index (χ0n) is 10.3. The summed E-state index contributed by atoms with van der Waals surface area (Å²) in [5.74, 6) is -0.156. The van der Waals surface area contributed by atoms with E-state index in [0.29, 0.717) is 13.1 Å². The van der Waals surface area contributed by atoms with Crippen molar-refractivity contribution in [3.63, 3.8) is 0 Å². The van der Waals surface area contributed by atoms with Crippen LogP contribution in [0.5, 0.6) is 0 Å². The Labute approximate surface area is 116 Å². The molecule has 18 heavy (non-hydrogen) atoms. The molecule has 5 nitrogen and oxygen atoms in total. The molecule has 2 heterocycles. The van der Waals surface area contributed by atoms with Crippen LogP contribution in [-0.2, 0) is 4.79 Å². The lowest BCUT2D eigenvalue weighted by Crippen LogP contribution is -2.40. The number of thiocarbonyl (C=S) groups is 1. The number of nitrogens with zero attached hydrogens (tertiary/aromatic N) is 2. The fraction of sp³-hybridized carbons (Fsp3) is 0.727. The molecule has 0 aliphatic carbocycles. The molecule has 2 rings (SSSR count). The van der Waals surface area contributed by atoms with Crippen LogP contribution >= 0.6 is 24.0 Å². The Bertz CT molecular complexity index is 369. The van der Waals surface area contributed by atoms with E-state index in [-0.39, 0.29) is 17.2 Å². The van der Waals surface area contributed by atoms with Crippen molar-refractivity contribution in [3.8, 4) is 0 Å². The third-order valence-electron chi connectivity index (χ3n) is 3.11. The van der Waals surface area contributed by atoms with Crippen molar-refractivity contribution in [2.45, 2.75) is 25.0 Å². The summed E-state index contributed by atoms with van der Waals surface area (Å²) in [4.78, 5) is 26.9. The van der Waals surface area contributed by atoms with Gasteiger partial charge in [0.2, 0.25) is 5.91 Å². The SMILES string of the molecule is C[C@H](SC(=S)N1CCCC1)C(=O)N1CCNC1=O. The van der Waals surface area contributed by atoms with Crippen LogP contribution in [0.3, 0.4) is 0 Å². The molecular formula is C11H17N3O2S2. The average Bonchev–Trinajstić information content (AvgIpc) is 2.98. The number of nitrogens with one attached hydrogen (secondary N) is 1. The summed E-state index contributed by atoms with van der Waals surface area (Å²) in [5, 5.41) is 2.32. The van der Waals surface area contributed by atoms with Gasteiger partial charge in [-0.3, -0.25) is 9.69 Å². The monoisotopic (exact) mass is 287 g/mol. The van der Waals surface area contributed by atoms with Crippen LogP contribution in [-0.4, -0.2) is 57.5 Å². The first-order valence-electron chi connectivity index (χ1n) is 6.14. The second-order valence-corrected chi connectivity index (χ2v) is 6.42. The van der Waals surface area contributed by atoms with Crippen molar-refractivity contribution in [1.29, 1.82) is 0 Å². The number of urea groups is 1. The number of amides is 3. The summed E-state index contributed by atoms with van der Waals surface area (Å²) in [7, 11) is 0. The van der Waals surface area contributed by atoms with Crippen LogP contribution in [0.2, 0.25) is 0 Å². The van der Waals surface area contributed by atoms with Gasteiger partial charge in [0.1, 0.15) is 4.32 Å². The van der Waals surface area contributed by atoms with Gasteiger partial charge in [-0.1, -0.05) is 24.0 Å². The Morgan fingerprint density at radius 2 is 2.06 bits per heavy atom. The van der Waals surface area contributed by atoms with Gasteiger partial charge in [-0.15, -0.1) is 0 Å². The molecule has 0 unspecified atom stereocenters. The van der Waals surface area contributed by atoms with Gasteiger partial charge in [0, 0.05) is 26.2 Å². The number of hydrogen-bond donors (Lipinski definition) is 1. The minimum absolute atomic E-state index is 0.156. The van der Waals surface area contributed by atoms with Gasteiger partial charge in [0.25, 0.3) is 0 Å². The highest BCUT2D eigenvalue weighted by molar-refractivity contribution is 8.23. The molecule has 0 bridgehead atoms. The first kappa shape index (κ1) is 13.6. The number of likely N-dealkylation sites (tertiary alicyclic amines) is 1. The van der Waals surface area contributed by atoms with Crippen LogP contribution < -0.4 is 5.32 Å². The number of hydrogen-bond acceptors (Lipinski definition) is 4. The smallest absolute Gasteiger partial charge is 0.324 e. The predicted molar refractivity (Wildman–Crippen MR) is 75.6 cm³/mol. The zero-order chi connectivity index (χ0) is 13.1. The first-order valence-corrected chi connectivity index (χ1v) is 7.43. The molecule has 0 spiro atoms. The maximum absolute atomic E-state index is 12.1. The molecule has 7 heteroatoms. The molecule has 0 aromatic carbocycles. The summed E-state index contributed by atoms with van der Waals surface area (Å²) in [5.41, 5.74) is 0. The van der Waals surface area contributed by atoms with Gasteiger partial charge in [0.05, 0.1) is 5.25 Å². The van der Waals surface area contributed by atoms with Gasteiger partial charge in [-0.2, -0.15) is 0 Å². The topological polar surface area (TPSA) is 52.7 Å². The van der Waals surface area contributed by atoms with Crippen LogP contribution in [0, 0.1) is 0 Å². The average molecular weight is 287 g/mol. The highest BCUT2D eigenvalue weighted by Crippen LogP contribution is 2.22. The van der Waals surface area contributed by atoms with E-state index in [2.05, 4.69) is 10.2 Å². The van der Waals surface area contributed by atoms with E-state index in [0.717, 1.165) is 30.3 Å². The minimum Gasteiger partial charge on any atom is -0.358 e. The van der Waals surface area contributed by atoms with Crippen LogP contribution in [0.15, 0.2) is 0 Å². The maximum Gasteiger partial charge on any atom is 0.324 e. The molecule has 1 N–H and O–H groups in total. The molecule has 0 aromatic heterocycles. The van der Waals surface area contributed by atoms with E-state index in [9.17, 15) is 9.59 Å². The molecule has 0 radical (unpaired) electrons. The van der Waals surface area contributed by atoms with E-state index in [1.807, 2.05) is 0 Å². The summed E-state index contributed by atoms with van der Waals surface area (Å²) < 4.78 is 0.771. The van der Waals surface area contributed by atoms with Crippen molar-refractivity contribution < 1.29 is 9.59 Å². The van der Waals surface area contributed by atoms with Gasteiger partial charge >= 0.3 is 6.03 Å². The van der Waals surface area contributed by atoms with Gasteiger partial charge < -0.3 is 10.2 Å². The van der Waals surface area contributed by atoms with E-state index < -0.39 is 0 Å². The standard InChI is InChI=1S/C11H17N3O2S2/c1-8(9(15)14-7-4-12-10(14)16)18-11(17)13-5-2-3-6-13/h8H,2-7H2,1H3,(H,12,16)/t8-/m0/s1. The Morgan fingerprint density at radius 1 is 1.39 bits per heavy atom. The molecule has 3 amide bonds. The molecule has 2 aliphatic rings. The fourth-order valence-corrected chi connectivity index (χ4v) is 3.55. The van der Waals surface area contributed by atoms with Gasteiger partial charge in [0.15, 0.2) is 0 Å².